The summed E-state index contributed by atoms with van der Waals surface area (Å²) in [5.41, 5.74) is 4.74. The summed E-state index contributed by atoms with van der Waals surface area (Å²) in [5.74, 6) is 1.89. The standard InChI is InChI=1S/C39H51N5O5/c1-26(2)33-12-20-44(41-33)30-11-19-40-35(22-30)43(36(46)28-5-8-32(9-6-28)49-37(47)42-23-31(45)24-42)25-38-13-16-39(17-14-38,18-15-38)29-7-10-34(48-4)27(3)21-29/h7,10-12,19-22,26,28,31-32,45H,5-6,8-9,13-18,23-25H2,1-4H3. The molecule has 4 saturated carbocycles. The highest BCUT2D eigenvalue weighted by atomic mass is 16.6. The Hall–Kier alpha value is -3.92. The summed E-state index contributed by atoms with van der Waals surface area (Å²) in [6.07, 6.45) is 12.0. The minimum Gasteiger partial charge on any atom is -0.496 e. The maximum absolute atomic E-state index is 14.6. The van der Waals surface area contributed by atoms with Gasteiger partial charge in [-0.2, -0.15) is 5.10 Å². The Morgan fingerprint density at radius 1 is 1.00 bits per heavy atom. The highest BCUT2D eigenvalue weighted by Crippen LogP contribution is 2.58. The van der Waals surface area contributed by atoms with Crippen molar-refractivity contribution in [2.75, 3.05) is 31.6 Å². The third-order valence-electron chi connectivity index (χ3n) is 12.1. The van der Waals surface area contributed by atoms with E-state index in [4.69, 9.17) is 19.6 Å². The molecule has 3 heterocycles. The van der Waals surface area contributed by atoms with Crippen molar-refractivity contribution in [3.05, 3.63) is 65.6 Å². The lowest BCUT2D eigenvalue weighted by atomic mass is 9.51. The van der Waals surface area contributed by atoms with Crippen LogP contribution in [0.2, 0.25) is 0 Å². The van der Waals surface area contributed by atoms with Gasteiger partial charge >= 0.3 is 6.09 Å². The van der Waals surface area contributed by atoms with Crippen molar-refractivity contribution in [3.63, 3.8) is 0 Å². The van der Waals surface area contributed by atoms with Crippen LogP contribution in [-0.2, 0) is 14.9 Å². The summed E-state index contributed by atoms with van der Waals surface area (Å²) in [7, 11) is 1.73. The Kier molecular flexibility index (Phi) is 9.19. The zero-order chi connectivity index (χ0) is 34.3. The Morgan fingerprint density at radius 2 is 1.71 bits per heavy atom. The average Bonchev–Trinajstić information content (AvgIpc) is 3.61. The number of carbonyl (C=O) groups excluding carboxylic acids is 2. The van der Waals surface area contributed by atoms with Crippen LogP contribution in [0.3, 0.4) is 0 Å². The molecule has 5 aliphatic rings. The second kappa shape index (κ2) is 13.4. The lowest BCUT2D eigenvalue weighted by Crippen LogP contribution is -2.54. The summed E-state index contributed by atoms with van der Waals surface area (Å²) in [6.45, 7) is 7.70. The number of ether oxygens (including phenoxy) is 2. The maximum atomic E-state index is 14.6. The number of fused-ring (bicyclic) bond motifs is 3. The predicted octanol–water partition coefficient (Wildman–Crippen LogP) is 6.70. The first-order chi connectivity index (χ1) is 23.6. The number of amides is 2. The van der Waals surface area contributed by atoms with Gasteiger partial charge in [-0.05, 0) is 117 Å². The molecule has 2 bridgehead atoms. The minimum atomic E-state index is -0.458. The molecule has 4 aliphatic carbocycles. The van der Waals surface area contributed by atoms with E-state index in [2.05, 4.69) is 39.0 Å². The number of hydrogen-bond acceptors (Lipinski definition) is 7. The fourth-order valence-electron chi connectivity index (χ4n) is 8.71. The largest absolute Gasteiger partial charge is 0.496 e. The van der Waals surface area contributed by atoms with E-state index in [1.165, 1.54) is 16.0 Å². The molecule has 49 heavy (non-hydrogen) atoms. The zero-order valence-corrected chi connectivity index (χ0v) is 29.4. The molecule has 8 rings (SSSR count). The molecule has 5 fully saturated rings. The highest BCUT2D eigenvalue weighted by molar-refractivity contribution is 5.94. The fraction of sp³-hybridized carbons (Fsp3) is 0.590. The second-order valence-corrected chi connectivity index (χ2v) is 15.5. The van der Waals surface area contributed by atoms with E-state index in [0.717, 1.165) is 55.7 Å². The highest BCUT2D eigenvalue weighted by Gasteiger charge is 2.51. The van der Waals surface area contributed by atoms with Crippen molar-refractivity contribution < 1.29 is 24.2 Å². The van der Waals surface area contributed by atoms with Crippen molar-refractivity contribution in [2.24, 2.45) is 11.3 Å². The number of methoxy groups -OCH3 is 1. The lowest BCUT2D eigenvalue weighted by molar-refractivity contribution is -0.124. The lowest BCUT2D eigenvalue weighted by Gasteiger charge is -2.55. The molecule has 1 N–H and O–H groups in total. The van der Waals surface area contributed by atoms with Crippen LogP contribution in [0.15, 0.2) is 48.8 Å². The first-order valence-corrected chi connectivity index (χ1v) is 18.2. The minimum absolute atomic E-state index is 0.0433. The van der Waals surface area contributed by atoms with E-state index >= 15 is 0 Å². The van der Waals surface area contributed by atoms with Crippen molar-refractivity contribution >= 4 is 17.8 Å². The summed E-state index contributed by atoms with van der Waals surface area (Å²) in [5, 5.41) is 14.4. The number of β-amino-alcohol motifs (C(OH)–C–C–N with tert-alkyl or cyclic N) is 1. The van der Waals surface area contributed by atoms with Gasteiger partial charge in [-0.1, -0.05) is 26.0 Å². The third kappa shape index (κ3) is 6.68. The first-order valence-electron chi connectivity index (χ1n) is 18.2. The number of nitrogens with zero attached hydrogens (tertiary/aromatic N) is 5. The van der Waals surface area contributed by atoms with E-state index in [0.29, 0.717) is 57.1 Å². The molecular formula is C39H51N5O5. The van der Waals surface area contributed by atoms with E-state index in [-0.39, 0.29) is 34.9 Å². The van der Waals surface area contributed by atoms with Crippen LogP contribution in [0.1, 0.15) is 101 Å². The van der Waals surface area contributed by atoms with Crippen molar-refractivity contribution in [3.8, 4) is 11.4 Å². The number of aliphatic hydroxyl groups excluding tert-OH is 1. The third-order valence-corrected chi connectivity index (χ3v) is 12.1. The molecule has 0 radical (unpaired) electrons. The fourth-order valence-corrected chi connectivity index (χ4v) is 8.71. The van der Waals surface area contributed by atoms with Crippen molar-refractivity contribution in [1.29, 1.82) is 0 Å². The quantitative estimate of drug-likeness (QED) is 0.270. The topological polar surface area (TPSA) is 110 Å². The van der Waals surface area contributed by atoms with Gasteiger partial charge in [0.25, 0.3) is 0 Å². The second-order valence-electron chi connectivity index (χ2n) is 15.5. The number of aromatic nitrogens is 3. The molecule has 0 atom stereocenters. The number of hydrogen-bond donors (Lipinski definition) is 1. The number of likely N-dealkylation sites (tertiary alicyclic amines) is 1. The molecule has 1 aliphatic heterocycles. The smallest absolute Gasteiger partial charge is 0.410 e. The number of aliphatic hydroxyl groups is 1. The van der Waals surface area contributed by atoms with E-state index in [1.54, 1.807) is 13.3 Å². The molecule has 2 amide bonds. The predicted molar refractivity (Wildman–Crippen MR) is 187 cm³/mol. The number of aryl methyl sites for hydroxylation is 1. The van der Waals surface area contributed by atoms with Crippen LogP contribution >= 0.6 is 0 Å². The van der Waals surface area contributed by atoms with Crippen LogP contribution in [0, 0.1) is 18.3 Å². The normalized spacial score (nSPS) is 26.8. The maximum Gasteiger partial charge on any atom is 0.410 e. The van der Waals surface area contributed by atoms with Gasteiger partial charge < -0.3 is 19.5 Å². The summed E-state index contributed by atoms with van der Waals surface area (Å²) in [4.78, 5) is 35.4. The van der Waals surface area contributed by atoms with Crippen molar-refractivity contribution in [1.82, 2.24) is 19.7 Å². The van der Waals surface area contributed by atoms with Gasteiger partial charge in [0, 0.05) is 30.9 Å². The first kappa shape index (κ1) is 33.6. The molecule has 10 nitrogen and oxygen atoms in total. The summed E-state index contributed by atoms with van der Waals surface area (Å²) in [6, 6.07) is 12.7. The molecule has 0 spiro atoms. The van der Waals surface area contributed by atoms with Gasteiger partial charge in [-0.3, -0.25) is 9.69 Å². The monoisotopic (exact) mass is 669 g/mol. The number of anilines is 1. The van der Waals surface area contributed by atoms with Crippen LogP contribution in [0.25, 0.3) is 5.69 Å². The molecule has 0 unspecified atom stereocenters. The Balaban J connectivity index is 1.10. The van der Waals surface area contributed by atoms with Gasteiger partial charge in [-0.25, -0.2) is 14.5 Å². The zero-order valence-electron chi connectivity index (χ0n) is 29.4. The van der Waals surface area contributed by atoms with Crippen LogP contribution in [-0.4, -0.2) is 75.7 Å². The average molecular weight is 670 g/mol. The molecular weight excluding hydrogens is 618 g/mol. The number of rotatable bonds is 9. The van der Waals surface area contributed by atoms with Gasteiger partial charge in [-0.15, -0.1) is 0 Å². The SMILES string of the molecule is COc1ccc(C23CCC(CN(C(=O)C4CCC(OC(=O)N5CC(O)C5)CC4)c4cc(-n5ccc(C(C)C)n5)ccn4)(CC2)CC3)cc1C. The molecule has 3 aromatic rings. The Labute approximate surface area is 289 Å². The molecule has 1 aromatic carbocycles. The summed E-state index contributed by atoms with van der Waals surface area (Å²) < 4.78 is 13.2. The molecule has 10 heteroatoms. The van der Waals surface area contributed by atoms with Gasteiger partial charge in [0.05, 0.1) is 37.7 Å². The van der Waals surface area contributed by atoms with Crippen LogP contribution in [0.4, 0.5) is 10.6 Å². The Morgan fingerprint density at radius 3 is 2.33 bits per heavy atom. The number of carbonyl (C=O) groups is 2. The molecule has 262 valence electrons. The van der Waals surface area contributed by atoms with Crippen LogP contribution < -0.4 is 9.64 Å². The van der Waals surface area contributed by atoms with Crippen LogP contribution in [0.5, 0.6) is 5.75 Å². The molecule has 2 aromatic heterocycles. The summed E-state index contributed by atoms with van der Waals surface area (Å²) >= 11 is 0. The van der Waals surface area contributed by atoms with Gasteiger partial charge in [0.15, 0.2) is 0 Å². The number of pyridine rings is 1. The van der Waals surface area contributed by atoms with E-state index < -0.39 is 6.10 Å². The van der Waals surface area contributed by atoms with E-state index in [1.807, 2.05) is 34.0 Å². The molecule has 1 saturated heterocycles. The van der Waals surface area contributed by atoms with E-state index in [9.17, 15) is 14.7 Å². The van der Waals surface area contributed by atoms with Gasteiger partial charge in [0.1, 0.15) is 17.7 Å². The van der Waals surface area contributed by atoms with Crippen molar-refractivity contribution in [2.45, 2.75) is 109 Å². The Bertz CT molecular complexity index is 1650. The van der Waals surface area contributed by atoms with Gasteiger partial charge in [0.2, 0.25) is 5.91 Å². The number of benzene rings is 1.